The second-order valence-electron chi connectivity index (χ2n) is 5.04. The van der Waals surface area contributed by atoms with Crippen LogP contribution in [0.5, 0.6) is 0 Å². The lowest BCUT2D eigenvalue weighted by Gasteiger charge is -2.06. The molecule has 1 amide bonds. The molecule has 11 heteroatoms. The zero-order valence-corrected chi connectivity index (χ0v) is 14.5. The summed E-state index contributed by atoms with van der Waals surface area (Å²) in [6.07, 6.45) is 1.35. The number of hydrogen-bond acceptors (Lipinski definition) is 8. The van der Waals surface area contributed by atoms with Crippen molar-refractivity contribution >= 4 is 52.8 Å². The van der Waals surface area contributed by atoms with Gasteiger partial charge in [-0.1, -0.05) is 0 Å². The Kier molecular flexibility index (Phi) is 5.58. The van der Waals surface area contributed by atoms with Crippen molar-refractivity contribution in [3.63, 3.8) is 0 Å². The molecule has 136 valence electrons. The Morgan fingerprint density at radius 2 is 2.08 bits per heavy atom. The number of H-pyrrole nitrogens is 1. The second kappa shape index (κ2) is 7.66. The molecule has 0 saturated heterocycles. The number of nitrogens with one attached hydrogen (secondary N) is 2. The highest BCUT2D eigenvalue weighted by atomic mass is 35.5. The number of anilines is 3. The minimum atomic E-state index is -0.601. The van der Waals surface area contributed by atoms with E-state index in [0.717, 1.165) is 0 Å². The maximum Gasteiger partial charge on any atom is 0.341 e. The summed E-state index contributed by atoms with van der Waals surface area (Å²) in [5.41, 5.74) is 12.0. The van der Waals surface area contributed by atoms with E-state index in [0.29, 0.717) is 22.4 Å². The number of nitrogens with two attached hydrogens (primary N) is 2. The molecule has 0 fully saturated rings. The first kappa shape index (κ1) is 18.9. The van der Waals surface area contributed by atoms with Crippen molar-refractivity contribution in [1.82, 2.24) is 20.2 Å². The standard InChI is InChI=1S/C15H15N7O3.ClH/c1-2-25-15(24)8-5-9-12(19-11(8)17)21-22-13(9)20-14(23)7-3-4-10(16)18-6-7;/h3-6H,2H2,1H3,(H2,16,18)(H4,17,19,20,21,22,23);1H. The zero-order chi connectivity index (χ0) is 18.0. The van der Waals surface area contributed by atoms with Gasteiger partial charge in [0.2, 0.25) is 0 Å². The first-order valence-electron chi connectivity index (χ1n) is 7.34. The molecule has 0 aliphatic rings. The van der Waals surface area contributed by atoms with Crippen LogP contribution in [0.15, 0.2) is 24.4 Å². The van der Waals surface area contributed by atoms with Crippen molar-refractivity contribution in [2.24, 2.45) is 0 Å². The van der Waals surface area contributed by atoms with E-state index in [1.807, 2.05) is 0 Å². The summed E-state index contributed by atoms with van der Waals surface area (Å²) in [6, 6.07) is 4.52. The van der Waals surface area contributed by atoms with Gasteiger partial charge in [0.15, 0.2) is 11.5 Å². The number of hydrogen-bond donors (Lipinski definition) is 4. The van der Waals surface area contributed by atoms with Gasteiger partial charge in [-0.15, -0.1) is 12.4 Å². The van der Waals surface area contributed by atoms with E-state index in [4.69, 9.17) is 16.2 Å². The second-order valence-corrected chi connectivity index (χ2v) is 5.04. The molecule has 3 aromatic heterocycles. The Labute approximate surface area is 153 Å². The van der Waals surface area contributed by atoms with Crippen molar-refractivity contribution in [1.29, 1.82) is 0 Å². The molecule has 0 aliphatic carbocycles. The third-order valence-electron chi connectivity index (χ3n) is 3.36. The predicted molar refractivity (Wildman–Crippen MR) is 98.1 cm³/mol. The number of ether oxygens (including phenoxy) is 1. The third-order valence-corrected chi connectivity index (χ3v) is 3.36. The van der Waals surface area contributed by atoms with E-state index in [-0.39, 0.29) is 36.2 Å². The third kappa shape index (κ3) is 3.64. The minimum Gasteiger partial charge on any atom is -0.462 e. The van der Waals surface area contributed by atoms with Crippen LogP contribution in [0.25, 0.3) is 11.0 Å². The topological polar surface area (TPSA) is 162 Å². The molecule has 3 aromatic rings. The smallest absolute Gasteiger partial charge is 0.341 e. The molecule has 0 bridgehead atoms. The minimum absolute atomic E-state index is 0. The van der Waals surface area contributed by atoms with Gasteiger partial charge >= 0.3 is 5.97 Å². The molecular formula is C15H16ClN7O3. The van der Waals surface area contributed by atoms with E-state index in [2.05, 4.69) is 25.5 Å². The Morgan fingerprint density at radius 1 is 1.31 bits per heavy atom. The van der Waals surface area contributed by atoms with E-state index in [1.54, 1.807) is 6.92 Å². The monoisotopic (exact) mass is 377 g/mol. The van der Waals surface area contributed by atoms with Gasteiger partial charge in [-0.3, -0.25) is 9.89 Å². The van der Waals surface area contributed by atoms with Gasteiger partial charge in [0.25, 0.3) is 5.91 Å². The quantitative estimate of drug-likeness (QED) is 0.495. The SMILES string of the molecule is CCOC(=O)c1cc2c(NC(=O)c3ccc(N)nc3)n[nH]c2nc1N.Cl. The van der Waals surface area contributed by atoms with Gasteiger partial charge in [0.1, 0.15) is 17.2 Å². The number of nitrogens with zero attached hydrogens (tertiary/aromatic N) is 3. The van der Waals surface area contributed by atoms with Crippen LogP contribution in [-0.2, 0) is 4.74 Å². The number of amides is 1. The summed E-state index contributed by atoms with van der Waals surface area (Å²) in [7, 11) is 0. The Hall–Kier alpha value is -3.40. The number of carbonyl (C=O) groups is 2. The lowest BCUT2D eigenvalue weighted by atomic mass is 10.2. The van der Waals surface area contributed by atoms with E-state index in [1.165, 1.54) is 24.4 Å². The molecule has 10 nitrogen and oxygen atoms in total. The van der Waals surface area contributed by atoms with Gasteiger partial charge in [-0.05, 0) is 25.1 Å². The van der Waals surface area contributed by atoms with Crippen molar-refractivity contribution in [2.45, 2.75) is 6.92 Å². The molecule has 0 aliphatic heterocycles. The van der Waals surface area contributed by atoms with E-state index < -0.39 is 11.9 Å². The first-order chi connectivity index (χ1) is 12.0. The van der Waals surface area contributed by atoms with Crippen LogP contribution in [-0.4, -0.2) is 38.6 Å². The fourth-order valence-electron chi connectivity index (χ4n) is 2.15. The number of pyridine rings is 2. The molecule has 0 saturated carbocycles. The average Bonchev–Trinajstić information content (AvgIpc) is 2.96. The number of nitrogen functional groups attached to an aromatic ring is 2. The number of fused-ring (bicyclic) bond motifs is 1. The van der Waals surface area contributed by atoms with Crippen molar-refractivity contribution < 1.29 is 14.3 Å². The highest BCUT2D eigenvalue weighted by Crippen LogP contribution is 2.24. The number of aromatic nitrogens is 4. The summed E-state index contributed by atoms with van der Waals surface area (Å²) in [5, 5.41) is 9.69. The van der Waals surface area contributed by atoms with Crippen molar-refractivity contribution in [2.75, 3.05) is 23.4 Å². The van der Waals surface area contributed by atoms with Crippen molar-refractivity contribution in [3.8, 4) is 0 Å². The summed E-state index contributed by atoms with van der Waals surface area (Å²) in [4.78, 5) is 32.1. The van der Waals surface area contributed by atoms with E-state index >= 15 is 0 Å². The van der Waals surface area contributed by atoms with Crippen molar-refractivity contribution in [3.05, 3.63) is 35.5 Å². The number of carbonyl (C=O) groups excluding carboxylic acids is 2. The number of esters is 1. The summed E-state index contributed by atoms with van der Waals surface area (Å²) >= 11 is 0. The molecule has 26 heavy (non-hydrogen) atoms. The van der Waals surface area contributed by atoms with Gasteiger partial charge in [-0.2, -0.15) is 5.10 Å². The molecule has 6 N–H and O–H groups in total. The lowest BCUT2D eigenvalue weighted by molar-refractivity contribution is 0.0527. The molecule has 0 unspecified atom stereocenters. The van der Waals surface area contributed by atoms with E-state index in [9.17, 15) is 9.59 Å². The molecule has 0 radical (unpaired) electrons. The number of aromatic amines is 1. The van der Waals surface area contributed by atoms with Crippen LogP contribution < -0.4 is 16.8 Å². The van der Waals surface area contributed by atoms with Gasteiger partial charge in [0.05, 0.1) is 17.6 Å². The number of halogens is 1. The summed E-state index contributed by atoms with van der Waals surface area (Å²) < 4.78 is 4.94. The zero-order valence-electron chi connectivity index (χ0n) is 13.6. The molecular weight excluding hydrogens is 362 g/mol. The molecule has 3 rings (SSSR count). The van der Waals surface area contributed by atoms with Crippen LogP contribution in [0.4, 0.5) is 17.5 Å². The largest absolute Gasteiger partial charge is 0.462 e. The summed E-state index contributed by atoms with van der Waals surface area (Å²) in [6.45, 7) is 1.89. The Balaban J connectivity index is 0.00000243. The van der Waals surface area contributed by atoms with Crippen LogP contribution in [0.1, 0.15) is 27.6 Å². The summed E-state index contributed by atoms with van der Waals surface area (Å²) in [5.74, 6) is -0.517. The lowest BCUT2D eigenvalue weighted by Crippen LogP contribution is -2.13. The molecule has 0 atom stereocenters. The maximum absolute atomic E-state index is 12.3. The molecule has 3 heterocycles. The fourth-order valence-corrected chi connectivity index (χ4v) is 2.15. The average molecular weight is 378 g/mol. The predicted octanol–water partition coefficient (Wildman–Crippen LogP) is 1.37. The van der Waals surface area contributed by atoms with Crippen LogP contribution >= 0.6 is 12.4 Å². The van der Waals surface area contributed by atoms with Crippen LogP contribution in [0.2, 0.25) is 0 Å². The fraction of sp³-hybridized carbons (Fsp3) is 0.133. The van der Waals surface area contributed by atoms with Crippen LogP contribution in [0.3, 0.4) is 0 Å². The highest BCUT2D eigenvalue weighted by molar-refractivity contribution is 6.08. The van der Waals surface area contributed by atoms with Gasteiger partial charge in [-0.25, -0.2) is 14.8 Å². The maximum atomic E-state index is 12.3. The normalized spacial score (nSPS) is 10.2. The van der Waals surface area contributed by atoms with Gasteiger partial charge in [0, 0.05) is 6.20 Å². The highest BCUT2D eigenvalue weighted by Gasteiger charge is 2.18. The number of rotatable bonds is 4. The van der Waals surface area contributed by atoms with Gasteiger partial charge < -0.3 is 21.5 Å². The van der Waals surface area contributed by atoms with Crippen LogP contribution in [0, 0.1) is 0 Å². The Morgan fingerprint density at radius 3 is 2.73 bits per heavy atom. The molecule has 0 aromatic carbocycles. The Bertz CT molecular complexity index is 956. The molecule has 0 spiro atoms. The first-order valence-corrected chi connectivity index (χ1v) is 7.34.